The predicted molar refractivity (Wildman–Crippen MR) is 85.1 cm³/mol. The van der Waals surface area contributed by atoms with Crippen molar-refractivity contribution in [2.45, 2.75) is 20.8 Å². The zero-order valence-corrected chi connectivity index (χ0v) is 12.8. The van der Waals surface area contributed by atoms with Crippen LogP contribution in [0.1, 0.15) is 19.4 Å². The van der Waals surface area contributed by atoms with Gasteiger partial charge in [0.2, 0.25) is 5.95 Å². The number of aryl methyl sites for hydroxylation is 1. The van der Waals surface area contributed by atoms with Crippen LogP contribution >= 0.6 is 11.6 Å². The van der Waals surface area contributed by atoms with Gasteiger partial charge in [-0.15, -0.1) is 0 Å². The number of halogens is 1. The molecule has 5 heteroatoms. The monoisotopic (exact) mass is 290 g/mol. The standard InChI is InChI=1S/C15H19ClN4/c1-4-17-15-18-10-12(16)14(19-15)20(5-2)13-9-7-6-8-11(13)3/h6-10H,4-5H2,1-3H3,(H,17,18,19). The lowest BCUT2D eigenvalue weighted by molar-refractivity contribution is 0.965. The van der Waals surface area contributed by atoms with Crippen molar-refractivity contribution < 1.29 is 0 Å². The second kappa shape index (κ2) is 6.57. The zero-order valence-electron chi connectivity index (χ0n) is 12.0. The average molecular weight is 291 g/mol. The van der Waals surface area contributed by atoms with Gasteiger partial charge in [0.05, 0.1) is 6.20 Å². The Bertz CT molecular complexity index is 586. The molecule has 0 atom stereocenters. The number of nitrogens with one attached hydrogen (secondary N) is 1. The quantitative estimate of drug-likeness (QED) is 0.903. The van der Waals surface area contributed by atoms with E-state index in [4.69, 9.17) is 11.6 Å². The van der Waals surface area contributed by atoms with E-state index in [2.05, 4.69) is 46.2 Å². The molecule has 4 nitrogen and oxygen atoms in total. The molecule has 1 aromatic carbocycles. The van der Waals surface area contributed by atoms with E-state index in [0.29, 0.717) is 11.0 Å². The lowest BCUT2D eigenvalue weighted by Crippen LogP contribution is -2.19. The Kier molecular flexibility index (Phi) is 4.79. The first-order valence-electron chi connectivity index (χ1n) is 6.77. The van der Waals surface area contributed by atoms with E-state index in [0.717, 1.165) is 24.6 Å². The van der Waals surface area contributed by atoms with Gasteiger partial charge in [-0.1, -0.05) is 29.8 Å². The highest BCUT2D eigenvalue weighted by Gasteiger charge is 2.15. The summed E-state index contributed by atoms with van der Waals surface area (Å²) in [5.41, 5.74) is 2.30. The third-order valence-electron chi connectivity index (χ3n) is 3.04. The largest absolute Gasteiger partial charge is 0.354 e. The molecule has 1 heterocycles. The second-order valence-electron chi connectivity index (χ2n) is 4.43. The summed E-state index contributed by atoms with van der Waals surface area (Å²) in [4.78, 5) is 10.8. The Morgan fingerprint density at radius 3 is 2.65 bits per heavy atom. The van der Waals surface area contributed by atoms with Gasteiger partial charge in [-0.05, 0) is 32.4 Å². The van der Waals surface area contributed by atoms with Crippen LogP contribution in [0.3, 0.4) is 0 Å². The van der Waals surface area contributed by atoms with Crippen LogP contribution in [0.2, 0.25) is 5.02 Å². The van der Waals surface area contributed by atoms with Gasteiger partial charge in [0, 0.05) is 18.8 Å². The first-order chi connectivity index (χ1) is 9.67. The Labute approximate surface area is 124 Å². The van der Waals surface area contributed by atoms with E-state index in [1.165, 1.54) is 5.56 Å². The Morgan fingerprint density at radius 2 is 2.00 bits per heavy atom. The highest BCUT2D eigenvalue weighted by molar-refractivity contribution is 6.33. The molecule has 2 aromatic rings. The molecule has 0 aliphatic rings. The number of aromatic nitrogens is 2. The van der Waals surface area contributed by atoms with Crippen LogP contribution in [0.4, 0.5) is 17.5 Å². The summed E-state index contributed by atoms with van der Waals surface area (Å²) in [5, 5.41) is 3.67. The summed E-state index contributed by atoms with van der Waals surface area (Å²) in [7, 11) is 0. The number of hydrogen-bond acceptors (Lipinski definition) is 4. The molecular formula is C15H19ClN4. The maximum Gasteiger partial charge on any atom is 0.224 e. The molecule has 0 aliphatic carbocycles. The van der Waals surface area contributed by atoms with Crippen LogP contribution in [0.15, 0.2) is 30.5 Å². The zero-order chi connectivity index (χ0) is 14.5. The van der Waals surface area contributed by atoms with E-state index in [9.17, 15) is 0 Å². The van der Waals surface area contributed by atoms with Crippen LogP contribution < -0.4 is 10.2 Å². The third-order valence-corrected chi connectivity index (χ3v) is 3.31. The van der Waals surface area contributed by atoms with E-state index in [-0.39, 0.29) is 0 Å². The minimum atomic E-state index is 0.553. The summed E-state index contributed by atoms with van der Waals surface area (Å²) < 4.78 is 0. The van der Waals surface area contributed by atoms with Crippen molar-refractivity contribution in [3.8, 4) is 0 Å². The number of para-hydroxylation sites is 1. The summed E-state index contributed by atoms with van der Waals surface area (Å²) in [6, 6.07) is 8.20. The molecule has 0 radical (unpaired) electrons. The highest BCUT2D eigenvalue weighted by atomic mass is 35.5. The Hall–Kier alpha value is -1.81. The molecule has 20 heavy (non-hydrogen) atoms. The summed E-state index contributed by atoms with van der Waals surface area (Å²) in [6.45, 7) is 7.73. The van der Waals surface area contributed by atoms with E-state index in [1.807, 2.05) is 19.1 Å². The highest BCUT2D eigenvalue weighted by Crippen LogP contribution is 2.31. The van der Waals surface area contributed by atoms with Gasteiger partial charge in [-0.25, -0.2) is 4.98 Å². The number of rotatable bonds is 5. The average Bonchev–Trinajstić information content (AvgIpc) is 2.45. The van der Waals surface area contributed by atoms with E-state index < -0.39 is 0 Å². The van der Waals surface area contributed by atoms with Crippen molar-refractivity contribution in [2.75, 3.05) is 23.3 Å². The molecule has 0 saturated carbocycles. The van der Waals surface area contributed by atoms with Crippen molar-refractivity contribution in [3.63, 3.8) is 0 Å². The first kappa shape index (κ1) is 14.6. The number of nitrogens with zero attached hydrogens (tertiary/aromatic N) is 3. The van der Waals surface area contributed by atoms with Gasteiger partial charge < -0.3 is 10.2 Å². The van der Waals surface area contributed by atoms with Crippen molar-refractivity contribution in [1.29, 1.82) is 0 Å². The minimum Gasteiger partial charge on any atom is -0.354 e. The Morgan fingerprint density at radius 1 is 1.25 bits per heavy atom. The number of benzene rings is 1. The minimum absolute atomic E-state index is 0.553. The lowest BCUT2D eigenvalue weighted by atomic mass is 10.2. The second-order valence-corrected chi connectivity index (χ2v) is 4.83. The molecule has 0 bridgehead atoms. The summed E-state index contributed by atoms with van der Waals surface area (Å²) in [5.74, 6) is 1.33. The fourth-order valence-electron chi connectivity index (χ4n) is 2.09. The lowest BCUT2D eigenvalue weighted by Gasteiger charge is -2.25. The number of anilines is 3. The third kappa shape index (κ3) is 3.02. The molecule has 0 amide bonds. The summed E-state index contributed by atoms with van der Waals surface area (Å²) >= 11 is 6.28. The van der Waals surface area contributed by atoms with E-state index >= 15 is 0 Å². The van der Waals surface area contributed by atoms with Gasteiger partial charge in [-0.3, -0.25) is 0 Å². The summed E-state index contributed by atoms with van der Waals surface area (Å²) in [6.07, 6.45) is 1.64. The fraction of sp³-hybridized carbons (Fsp3) is 0.333. The molecule has 0 spiro atoms. The predicted octanol–water partition coefficient (Wildman–Crippen LogP) is 4.03. The van der Waals surface area contributed by atoms with Gasteiger partial charge in [0.25, 0.3) is 0 Å². The van der Waals surface area contributed by atoms with Crippen LogP contribution in [-0.2, 0) is 0 Å². The number of hydrogen-bond donors (Lipinski definition) is 1. The topological polar surface area (TPSA) is 41.1 Å². The molecule has 0 saturated heterocycles. The van der Waals surface area contributed by atoms with Crippen LogP contribution in [-0.4, -0.2) is 23.1 Å². The van der Waals surface area contributed by atoms with Gasteiger partial charge in [0.15, 0.2) is 5.82 Å². The molecule has 106 valence electrons. The van der Waals surface area contributed by atoms with Crippen LogP contribution in [0.5, 0.6) is 0 Å². The van der Waals surface area contributed by atoms with Crippen molar-refractivity contribution in [1.82, 2.24) is 9.97 Å². The van der Waals surface area contributed by atoms with Gasteiger partial charge in [0.1, 0.15) is 5.02 Å². The molecule has 1 N–H and O–H groups in total. The molecule has 1 aromatic heterocycles. The first-order valence-corrected chi connectivity index (χ1v) is 7.14. The smallest absolute Gasteiger partial charge is 0.224 e. The van der Waals surface area contributed by atoms with Gasteiger partial charge >= 0.3 is 0 Å². The maximum absolute atomic E-state index is 6.28. The maximum atomic E-state index is 6.28. The van der Waals surface area contributed by atoms with Gasteiger partial charge in [-0.2, -0.15) is 4.98 Å². The molecule has 2 rings (SSSR count). The van der Waals surface area contributed by atoms with Crippen molar-refractivity contribution in [2.24, 2.45) is 0 Å². The Balaban J connectivity index is 2.46. The molecule has 0 aliphatic heterocycles. The van der Waals surface area contributed by atoms with E-state index in [1.54, 1.807) is 6.20 Å². The molecular weight excluding hydrogens is 272 g/mol. The molecule has 0 unspecified atom stereocenters. The van der Waals surface area contributed by atoms with Crippen molar-refractivity contribution >= 4 is 29.1 Å². The SMILES string of the molecule is CCNc1ncc(Cl)c(N(CC)c2ccccc2C)n1. The normalized spacial score (nSPS) is 10.4. The van der Waals surface area contributed by atoms with Crippen LogP contribution in [0.25, 0.3) is 0 Å². The molecule has 0 fully saturated rings. The van der Waals surface area contributed by atoms with Crippen molar-refractivity contribution in [3.05, 3.63) is 41.0 Å². The van der Waals surface area contributed by atoms with Crippen LogP contribution in [0, 0.1) is 6.92 Å². The fourth-order valence-corrected chi connectivity index (χ4v) is 2.28.